The van der Waals surface area contributed by atoms with Crippen molar-refractivity contribution in [3.8, 4) is 22.8 Å². The molecule has 164 valence electrons. The van der Waals surface area contributed by atoms with E-state index in [1.165, 1.54) is 0 Å². The predicted octanol–water partition coefficient (Wildman–Crippen LogP) is 2.37. The molecular formula is C23H23N5O4. The highest BCUT2D eigenvalue weighted by Gasteiger charge is 2.29. The number of amides is 2. The lowest BCUT2D eigenvalue weighted by molar-refractivity contribution is -0.126. The zero-order chi connectivity index (χ0) is 21.9. The van der Waals surface area contributed by atoms with Crippen LogP contribution in [0.15, 0.2) is 48.8 Å². The molecule has 0 bridgehead atoms. The molecule has 0 saturated carbocycles. The van der Waals surface area contributed by atoms with Crippen LogP contribution in [0, 0.1) is 5.92 Å². The summed E-state index contributed by atoms with van der Waals surface area (Å²) in [7, 11) is 0. The van der Waals surface area contributed by atoms with Gasteiger partial charge in [0.25, 0.3) is 5.91 Å². The standard InChI is InChI=1S/C23H23N5O4/c29-22(25-11-15-5-6-20-21(9-15)32-14-31-20)17-4-2-8-28(13-17)23(30)19-10-18(26-27-19)16-3-1-7-24-12-16/h1,3,5-7,9-10,12,17H,2,4,8,11,13-14H2,(H,25,29)(H,26,27). The minimum absolute atomic E-state index is 0.0548. The van der Waals surface area contributed by atoms with Gasteiger partial charge in [-0.2, -0.15) is 5.10 Å². The molecule has 2 aliphatic heterocycles. The van der Waals surface area contributed by atoms with Crippen LogP contribution in [0.25, 0.3) is 11.3 Å². The Hall–Kier alpha value is -3.88. The van der Waals surface area contributed by atoms with Gasteiger partial charge in [-0.05, 0) is 48.7 Å². The number of benzene rings is 1. The number of hydrogen-bond donors (Lipinski definition) is 2. The molecule has 2 aromatic heterocycles. The Labute approximate surface area is 184 Å². The molecule has 2 amide bonds. The molecule has 2 N–H and O–H groups in total. The number of ether oxygens (including phenoxy) is 2. The molecule has 9 nitrogen and oxygen atoms in total. The second-order valence-electron chi connectivity index (χ2n) is 7.90. The molecule has 1 atom stereocenters. The molecule has 1 saturated heterocycles. The average Bonchev–Trinajstić information content (AvgIpc) is 3.52. The fourth-order valence-corrected chi connectivity index (χ4v) is 4.02. The summed E-state index contributed by atoms with van der Waals surface area (Å²) in [5, 5.41) is 10.0. The molecule has 2 aliphatic rings. The van der Waals surface area contributed by atoms with Gasteiger partial charge in [0.2, 0.25) is 12.7 Å². The van der Waals surface area contributed by atoms with Crippen molar-refractivity contribution in [2.45, 2.75) is 19.4 Å². The van der Waals surface area contributed by atoms with Crippen LogP contribution in [0.5, 0.6) is 11.5 Å². The van der Waals surface area contributed by atoms with Gasteiger partial charge in [-0.3, -0.25) is 19.7 Å². The first-order chi connectivity index (χ1) is 15.7. The number of piperidine rings is 1. The number of nitrogens with one attached hydrogen (secondary N) is 2. The van der Waals surface area contributed by atoms with Gasteiger partial charge in [0.15, 0.2) is 11.5 Å². The zero-order valence-corrected chi connectivity index (χ0v) is 17.4. The number of rotatable bonds is 5. The summed E-state index contributed by atoms with van der Waals surface area (Å²) >= 11 is 0. The number of hydrogen-bond acceptors (Lipinski definition) is 6. The Bertz CT molecular complexity index is 1130. The Balaban J connectivity index is 1.19. The van der Waals surface area contributed by atoms with Crippen molar-refractivity contribution in [2.24, 2.45) is 5.92 Å². The summed E-state index contributed by atoms with van der Waals surface area (Å²) in [6, 6.07) is 11.1. The van der Waals surface area contributed by atoms with Crippen LogP contribution in [0.4, 0.5) is 0 Å². The van der Waals surface area contributed by atoms with Crippen LogP contribution in [0.2, 0.25) is 0 Å². The quantitative estimate of drug-likeness (QED) is 0.639. The lowest BCUT2D eigenvalue weighted by Crippen LogP contribution is -2.45. The molecule has 9 heteroatoms. The van der Waals surface area contributed by atoms with E-state index in [9.17, 15) is 9.59 Å². The third-order valence-electron chi connectivity index (χ3n) is 5.75. The van der Waals surface area contributed by atoms with Crippen molar-refractivity contribution in [1.82, 2.24) is 25.4 Å². The summed E-state index contributed by atoms with van der Waals surface area (Å²) in [4.78, 5) is 31.5. The highest BCUT2D eigenvalue weighted by Crippen LogP contribution is 2.32. The Kier molecular flexibility index (Phi) is 5.45. The monoisotopic (exact) mass is 433 g/mol. The van der Waals surface area contributed by atoms with E-state index >= 15 is 0 Å². The van der Waals surface area contributed by atoms with E-state index < -0.39 is 0 Å². The minimum Gasteiger partial charge on any atom is -0.454 e. The maximum absolute atomic E-state index is 13.0. The molecule has 0 spiro atoms. The van der Waals surface area contributed by atoms with Gasteiger partial charge in [-0.1, -0.05) is 6.07 Å². The van der Waals surface area contributed by atoms with Crippen LogP contribution in [0.1, 0.15) is 28.9 Å². The number of fused-ring (bicyclic) bond motifs is 1. The van der Waals surface area contributed by atoms with Crippen molar-refractivity contribution >= 4 is 11.8 Å². The van der Waals surface area contributed by atoms with Crippen LogP contribution < -0.4 is 14.8 Å². The van der Waals surface area contributed by atoms with Crippen molar-refractivity contribution in [3.05, 3.63) is 60.0 Å². The summed E-state index contributed by atoms with van der Waals surface area (Å²) in [5.74, 6) is 0.951. The van der Waals surface area contributed by atoms with Gasteiger partial charge >= 0.3 is 0 Å². The third kappa shape index (κ3) is 4.14. The second kappa shape index (κ2) is 8.70. The molecule has 3 aromatic rings. The predicted molar refractivity (Wildman–Crippen MR) is 115 cm³/mol. The van der Waals surface area contributed by atoms with Gasteiger partial charge in [0.1, 0.15) is 5.69 Å². The largest absolute Gasteiger partial charge is 0.454 e. The van der Waals surface area contributed by atoms with Gasteiger partial charge in [0, 0.05) is 37.6 Å². The summed E-state index contributed by atoms with van der Waals surface area (Å²) in [6.07, 6.45) is 4.91. The highest BCUT2D eigenvalue weighted by atomic mass is 16.7. The highest BCUT2D eigenvalue weighted by molar-refractivity contribution is 5.94. The fourth-order valence-electron chi connectivity index (χ4n) is 4.02. The van der Waals surface area contributed by atoms with Gasteiger partial charge < -0.3 is 19.7 Å². The average molecular weight is 433 g/mol. The van der Waals surface area contributed by atoms with Crippen LogP contribution in [0.3, 0.4) is 0 Å². The first-order valence-electron chi connectivity index (χ1n) is 10.6. The van der Waals surface area contributed by atoms with E-state index in [0.717, 1.165) is 24.0 Å². The van der Waals surface area contributed by atoms with E-state index in [1.54, 1.807) is 23.4 Å². The number of aromatic nitrogens is 3. The zero-order valence-electron chi connectivity index (χ0n) is 17.4. The van der Waals surface area contributed by atoms with Crippen molar-refractivity contribution in [1.29, 1.82) is 0 Å². The van der Waals surface area contributed by atoms with Gasteiger partial charge in [-0.15, -0.1) is 0 Å². The summed E-state index contributed by atoms with van der Waals surface area (Å²) < 4.78 is 10.7. The van der Waals surface area contributed by atoms with Gasteiger partial charge in [0.05, 0.1) is 11.6 Å². The summed E-state index contributed by atoms with van der Waals surface area (Å²) in [6.45, 7) is 1.62. The lowest BCUT2D eigenvalue weighted by atomic mass is 9.96. The van der Waals surface area contributed by atoms with E-state index in [-0.39, 0.29) is 24.5 Å². The summed E-state index contributed by atoms with van der Waals surface area (Å²) in [5.41, 5.74) is 2.84. The molecule has 1 unspecified atom stereocenters. The Morgan fingerprint density at radius 1 is 1.19 bits per heavy atom. The van der Waals surface area contributed by atoms with E-state index in [2.05, 4.69) is 20.5 Å². The number of pyridine rings is 1. The van der Waals surface area contributed by atoms with E-state index in [0.29, 0.717) is 42.5 Å². The molecular weight excluding hydrogens is 410 g/mol. The smallest absolute Gasteiger partial charge is 0.271 e. The van der Waals surface area contributed by atoms with Gasteiger partial charge in [-0.25, -0.2) is 0 Å². The van der Waals surface area contributed by atoms with Crippen LogP contribution in [-0.2, 0) is 11.3 Å². The van der Waals surface area contributed by atoms with Crippen molar-refractivity contribution in [3.63, 3.8) is 0 Å². The number of nitrogens with zero attached hydrogens (tertiary/aromatic N) is 3. The fraction of sp³-hybridized carbons (Fsp3) is 0.304. The topological polar surface area (TPSA) is 109 Å². The molecule has 32 heavy (non-hydrogen) atoms. The van der Waals surface area contributed by atoms with E-state index in [4.69, 9.17) is 9.47 Å². The van der Waals surface area contributed by atoms with E-state index in [1.807, 2.05) is 30.3 Å². The molecule has 5 rings (SSSR count). The number of likely N-dealkylation sites (tertiary alicyclic amines) is 1. The second-order valence-corrected chi connectivity index (χ2v) is 7.90. The Morgan fingerprint density at radius 3 is 2.97 bits per heavy atom. The maximum Gasteiger partial charge on any atom is 0.271 e. The number of carbonyl (C=O) groups excluding carboxylic acids is 2. The lowest BCUT2D eigenvalue weighted by Gasteiger charge is -2.31. The van der Waals surface area contributed by atoms with Crippen molar-refractivity contribution in [2.75, 3.05) is 19.9 Å². The first-order valence-corrected chi connectivity index (χ1v) is 10.6. The number of H-pyrrole nitrogens is 1. The molecule has 0 radical (unpaired) electrons. The van der Waals surface area contributed by atoms with Crippen molar-refractivity contribution < 1.29 is 19.1 Å². The molecule has 0 aliphatic carbocycles. The van der Waals surface area contributed by atoms with Crippen LogP contribution in [-0.4, -0.2) is 51.8 Å². The Morgan fingerprint density at radius 2 is 2.09 bits per heavy atom. The molecule has 1 aromatic carbocycles. The minimum atomic E-state index is -0.248. The molecule has 4 heterocycles. The normalized spacial score (nSPS) is 17.2. The number of aromatic amines is 1. The maximum atomic E-state index is 13.0. The number of carbonyl (C=O) groups is 2. The third-order valence-corrected chi connectivity index (χ3v) is 5.75. The molecule has 1 fully saturated rings. The first kappa shape index (κ1) is 20.0. The SMILES string of the molecule is O=C(NCc1ccc2c(c1)OCO2)C1CCCN(C(=O)c2cc(-c3cccnc3)n[nH]2)C1. The van der Waals surface area contributed by atoms with Crippen LogP contribution >= 0.6 is 0 Å².